The molecule has 1 unspecified atom stereocenters. The Morgan fingerprint density at radius 2 is 1.85 bits per heavy atom. The number of hydrogen-bond donors (Lipinski definition) is 3. The van der Waals surface area contributed by atoms with Crippen LogP contribution in [-0.2, 0) is 0 Å². The summed E-state index contributed by atoms with van der Waals surface area (Å²) in [5.74, 6) is 1.08. The molecular weight excluding hydrogens is 340 g/mol. The first-order valence-corrected chi connectivity index (χ1v) is 8.76. The summed E-state index contributed by atoms with van der Waals surface area (Å²) in [6.45, 7) is 3.68. The van der Waals surface area contributed by atoms with E-state index in [1.165, 1.54) is 0 Å². The van der Waals surface area contributed by atoms with Crippen LogP contribution >= 0.6 is 0 Å². The Hall–Kier alpha value is -3.25. The molecule has 1 aromatic heterocycles. The minimum atomic E-state index is -0.587. The van der Waals surface area contributed by atoms with E-state index in [9.17, 15) is 9.90 Å². The second-order valence-electron chi connectivity index (χ2n) is 6.32. The van der Waals surface area contributed by atoms with Crippen LogP contribution in [-0.4, -0.2) is 33.6 Å². The van der Waals surface area contributed by atoms with Crippen molar-refractivity contribution in [3.8, 4) is 11.3 Å². The summed E-state index contributed by atoms with van der Waals surface area (Å²) >= 11 is 0. The molecule has 2 aromatic carbocycles. The number of aliphatic hydroxyl groups is 1. The minimum absolute atomic E-state index is 0.210. The lowest BCUT2D eigenvalue weighted by Crippen LogP contribution is -2.30. The molecule has 3 aromatic rings. The van der Waals surface area contributed by atoms with Gasteiger partial charge >= 0.3 is 0 Å². The third-order valence-corrected chi connectivity index (χ3v) is 3.86. The summed E-state index contributed by atoms with van der Waals surface area (Å²) in [7, 11) is 0. The number of carbonyl (C=O) groups excluding carboxylic acids is 1. The Bertz CT molecular complexity index is 926. The molecule has 6 nitrogen and oxygen atoms in total. The number of amides is 1. The number of carbonyl (C=O) groups is 1. The average Bonchev–Trinajstić information content (AvgIpc) is 2.66. The quantitative estimate of drug-likeness (QED) is 0.626. The molecule has 1 amide bonds. The number of nitrogens with one attached hydrogen (secondary N) is 2. The van der Waals surface area contributed by atoms with Crippen LogP contribution in [0, 0.1) is 6.92 Å². The lowest BCUT2D eigenvalue weighted by Gasteiger charge is -2.11. The van der Waals surface area contributed by atoms with Crippen molar-refractivity contribution in [1.82, 2.24) is 15.3 Å². The van der Waals surface area contributed by atoms with Gasteiger partial charge in [-0.25, -0.2) is 9.97 Å². The molecular formula is C21H22N4O2. The fourth-order valence-electron chi connectivity index (χ4n) is 2.62. The van der Waals surface area contributed by atoms with Crippen LogP contribution in [0.15, 0.2) is 60.7 Å². The first-order valence-electron chi connectivity index (χ1n) is 8.76. The van der Waals surface area contributed by atoms with Crippen molar-refractivity contribution >= 4 is 17.4 Å². The maximum absolute atomic E-state index is 12.2. The van der Waals surface area contributed by atoms with Gasteiger partial charge in [-0.1, -0.05) is 36.4 Å². The molecule has 0 saturated carbocycles. The highest BCUT2D eigenvalue weighted by molar-refractivity contribution is 5.95. The van der Waals surface area contributed by atoms with Gasteiger partial charge in [-0.15, -0.1) is 0 Å². The van der Waals surface area contributed by atoms with Crippen molar-refractivity contribution in [3.05, 3.63) is 72.1 Å². The predicted octanol–water partition coefficient (Wildman–Crippen LogP) is 3.31. The molecule has 1 heterocycles. The number of rotatable bonds is 6. The van der Waals surface area contributed by atoms with Gasteiger partial charge < -0.3 is 15.7 Å². The largest absolute Gasteiger partial charge is 0.392 e. The maximum Gasteiger partial charge on any atom is 0.251 e. The molecule has 0 aliphatic rings. The second-order valence-corrected chi connectivity index (χ2v) is 6.32. The third kappa shape index (κ3) is 5.12. The zero-order chi connectivity index (χ0) is 19.2. The van der Waals surface area contributed by atoms with Crippen LogP contribution in [0.2, 0.25) is 0 Å². The van der Waals surface area contributed by atoms with Crippen molar-refractivity contribution in [2.24, 2.45) is 0 Å². The van der Waals surface area contributed by atoms with Crippen molar-refractivity contribution < 1.29 is 9.90 Å². The minimum Gasteiger partial charge on any atom is -0.392 e. The lowest BCUT2D eigenvalue weighted by molar-refractivity contribution is 0.0924. The van der Waals surface area contributed by atoms with Gasteiger partial charge in [0.05, 0.1) is 11.8 Å². The van der Waals surface area contributed by atoms with Crippen LogP contribution in [0.4, 0.5) is 11.5 Å². The molecule has 0 aliphatic carbocycles. The number of benzene rings is 2. The highest BCUT2D eigenvalue weighted by Gasteiger charge is 2.09. The molecule has 0 radical (unpaired) electrons. The second kappa shape index (κ2) is 8.42. The highest BCUT2D eigenvalue weighted by Crippen LogP contribution is 2.22. The van der Waals surface area contributed by atoms with Crippen molar-refractivity contribution in [2.75, 3.05) is 11.9 Å². The molecule has 138 valence electrons. The van der Waals surface area contributed by atoms with Crippen LogP contribution in [0.5, 0.6) is 0 Å². The summed E-state index contributed by atoms with van der Waals surface area (Å²) in [5, 5.41) is 15.2. The number of aryl methyl sites for hydroxylation is 1. The summed E-state index contributed by atoms with van der Waals surface area (Å²) in [5.41, 5.74) is 3.10. The van der Waals surface area contributed by atoms with E-state index in [2.05, 4.69) is 20.6 Å². The van der Waals surface area contributed by atoms with Crippen LogP contribution in [0.3, 0.4) is 0 Å². The molecule has 1 atom stereocenters. The topological polar surface area (TPSA) is 87.1 Å². The monoisotopic (exact) mass is 362 g/mol. The third-order valence-electron chi connectivity index (χ3n) is 3.86. The van der Waals surface area contributed by atoms with Gasteiger partial charge in [-0.2, -0.15) is 0 Å². The molecule has 3 rings (SSSR count). The summed E-state index contributed by atoms with van der Waals surface area (Å²) < 4.78 is 0. The van der Waals surface area contributed by atoms with E-state index < -0.39 is 6.10 Å². The Labute approximate surface area is 158 Å². The van der Waals surface area contributed by atoms with Crippen molar-refractivity contribution in [2.45, 2.75) is 20.0 Å². The highest BCUT2D eigenvalue weighted by atomic mass is 16.3. The van der Waals surface area contributed by atoms with Crippen LogP contribution in [0.25, 0.3) is 11.3 Å². The normalized spacial score (nSPS) is 11.7. The molecule has 0 aliphatic heterocycles. The Kier molecular flexibility index (Phi) is 5.78. The van der Waals surface area contributed by atoms with Crippen LogP contribution < -0.4 is 10.6 Å². The lowest BCUT2D eigenvalue weighted by atomic mass is 10.1. The molecule has 6 heteroatoms. The molecule has 0 saturated heterocycles. The number of aliphatic hydroxyl groups excluding tert-OH is 1. The fourth-order valence-corrected chi connectivity index (χ4v) is 2.62. The Balaban J connectivity index is 1.80. The zero-order valence-electron chi connectivity index (χ0n) is 15.3. The van der Waals surface area contributed by atoms with E-state index in [1.807, 2.05) is 49.4 Å². The van der Waals surface area contributed by atoms with Gasteiger partial charge in [0.2, 0.25) is 0 Å². The summed E-state index contributed by atoms with van der Waals surface area (Å²) in [6, 6.07) is 18.9. The molecule has 0 fully saturated rings. The van der Waals surface area contributed by atoms with Gasteiger partial charge in [0.15, 0.2) is 0 Å². The fraction of sp³-hybridized carbons (Fsp3) is 0.190. The smallest absolute Gasteiger partial charge is 0.251 e. The van der Waals surface area contributed by atoms with E-state index in [4.69, 9.17) is 0 Å². The first-order chi connectivity index (χ1) is 13.0. The average molecular weight is 362 g/mol. The zero-order valence-corrected chi connectivity index (χ0v) is 15.3. The molecule has 0 bridgehead atoms. The van der Waals surface area contributed by atoms with Gasteiger partial charge in [-0.3, -0.25) is 4.79 Å². The van der Waals surface area contributed by atoms with E-state index in [0.29, 0.717) is 17.2 Å². The SMILES string of the molecule is Cc1nc(Nc2cccc(C(=O)NCC(C)O)c2)cc(-c2ccccc2)n1. The van der Waals surface area contributed by atoms with Gasteiger partial charge in [0.25, 0.3) is 5.91 Å². The number of hydrogen-bond acceptors (Lipinski definition) is 5. The standard InChI is InChI=1S/C21H22N4O2/c1-14(26)13-22-21(27)17-9-6-10-18(11-17)25-20-12-19(23-15(2)24-20)16-7-4-3-5-8-16/h3-12,14,26H,13H2,1-2H3,(H,22,27)(H,23,24,25). The summed E-state index contributed by atoms with van der Waals surface area (Å²) in [6.07, 6.45) is -0.587. The number of anilines is 2. The van der Waals surface area contributed by atoms with E-state index in [0.717, 1.165) is 16.9 Å². The van der Waals surface area contributed by atoms with Gasteiger partial charge in [0.1, 0.15) is 11.6 Å². The van der Waals surface area contributed by atoms with E-state index in [-0.39, 0.29) is 12.5 Å². The molecule has 3 N–H and O–H groups in total. The Morgan fingerprint density at radius 3 is 2.59 bits per heavy atom. The number of aromatic nitrogens is 2. The van der Waals surface area contributed by atoms with Crippen LogP contribution in [0.1, 0.15) is 23.1 Å². The molecule has 0 spiro atoms. The molecule has 27 heavy (non-hydrogen) atoms. The Morgan fingerprint density at radius 1 is 1.07 bits per heavy atom. The van der Waals surface area contributed by atoms with E-state index in [1.54, 1.807) is 25.1 Å². The van der Waals surface area contributed by atoms with E-state index >= 15 is 0 Å². The predicted molar refractivity (Wildman–Crippen MR) is 106 cm³/mol. The van der Waals surface area contributed by atoms with Gasteiger partial charge in [-0.05, 0) is 32.0 Å². The first kappa shape index (κ1) is 18.5. The van der Waals surface area contributed by atoms with Gasteiger partial charge in [0, 0.05) is 29.4 Å². The van der Waals surface area contributed by atoms with Crippen molar-refractivity contribution in [3.63, 3.8) is 0 Å². The number of nitrogens with zero attached hydrogens (tertiary/aromatic N) is 2. The maximum atomic E-state index is 12.2. The summed E-state index contributed by atoms with van der Waals surface area (Å²) in [4.78, 5) is 21.1. The van der Waals surface area contributed by atoms with Crippen molar-refractivity contribution in [1.29, 1.82) is 0 Å².